The van der Waals surface area contributed by atoms with E-state index in [4.69, 9.17) is 9.47 Å². The molecule has 0 N–H and O–H groups in total. The molecule has 0 unspecified atom stereocenters. The molecule has 0 fully saturated rings. The van der Waals surface area contributed by atoms with Crippen LogP contribution in [0.25, 0.3) is 10.2 Å². The smallest absolute Gasteiger partial charge is 0.279 e. The average molecular weight is 417 g/mol. The Morgan fingerprint density at radius 1 is 1.11 bits per heavy atom. The third kappa shape index (κ3) is 4.25. The van der Waals surface area contributed by atoms with E-state index >= 15 is 0 Å². The molecule has 0 aliphatic rings. The zero-order chi connectivity index (χ0) is 20.3. The zero-order valence-corrected chi connectivity index (χ0v) is 18.4. The Kier molecular flexibility index (Phi) is 6.46. The zero-order valence-electron chi connectivity index (χ0n) is 16.7. The Hall–Kier alpha value is -2.25. The van der Waals surface area contributed by atoms with Gasteiger partial charge in [-0.15, -0.1) is 0 Å². The minimum Gasteiger partial charge on any atom is -0.497 e. The number of rotatable bonds is 6. The quantitative estimate of drug-likeness (QED) is 0.596. The van der Waals surface area contributed by atoms with Crippen molar-refractivity contribution < 1.29 is 14.3 Å². The summed E-state index contributed by atoms with van der Waals surface area (Å²) >= 11 is 3.33. The van der Waals surface area contributed by atoms with Crippen molar-refractivity contribution in [3.05, 3.63) is 51.8 Å². The molecule has 0 saturated carbocycles. The maximum Gasteiger partial charge on any atom is 0.279 e. The third-order valence-electron chi connectivity index (χ3n) is 4.43. The van der Waals surface area contributed by atoms with Crippen molar-refractivity contribution in [2.24, 2.45) is 4.99 Å². The molecule has 0 radical (unpaired) electrons. The van der Waals surface area contributed by atoms with Gasteiger partial charge in [0.15, 0.2) is 4.80 Å². The first kappa shape index (κ1) is 20.5. The van der Waals surface area contributed by atoms with Gasteiger partial charge in [-0.05, 0) is 49.4 Å². The summed E-state index contributed by atoms with van der Waals surface area (Å²) in [6.07, 6.45) is 2.08. The summed E-state index contributed by atoms with van der Waals surface area (Å²) in [4.78, 5) is 18.1. The van der Waals surface area contributed by atoms with Gasteiger partial charge in [-0.1, -0.05) is 17.4 Å². The van der Waals surface area contributed by atoms with Crippen molar-refractivity contribution in [1.29, 1.82) is 0 Å². The van der Waals surface area contributed by atoms with Gasteiger partial charge in [0, 0.05) is 23.9 Å². The van der Waals surface area contributed by atoms with Crippen LogP contribution >= 0.6 is 23.1 Å². The SMILES string of the molecule is COc1cc(OC)cc(C(=O)N=c2sc3c(C)cc(C)cc3n2CCSC)c1. The van der Waals surface area contributed by atoms with Gasteiger partial charge in [0.05, 0.1) is 24.4 Å². The fourth-order valence-corrected chi connectivity index (χ4v) is 4.55. The standard InChI is InChI=1S/C21H24N2O3S2/c1-13-8-14(2)19-18(9-13)23(6-7-27-5)21(28-19)22-20(24)15-10-16(25-3)12-17(11-15)26-4/h8-12H,6-7H2,1-5H3. The molecule has 0 spiro atoms. The lowest BCUT2D eigenvalue weighted by atomic mass is 10.1. The van der Waals surface area contributed by atoms with E-state index in [0.29, 0.717) is 21.9 Å². The largest absolute Gasteiger partial charge is 0.497 e. The predicted octanol–water partition coefficient (Wildman–Crippen LogP) is 4.44. The number of nitrogens with zero attached hydrogens (tertiary/aromatic N) is 2. The van der Waals surface area contributed by atoms with Crippen LogP contribution in [0.2, 0.25) is 0 Å². The number of hydrogen-bond acceptors (Lipinski definition) is 5. The topological polar surface area (TPSA) is 52.8 Å². The number of hydrogen-bond donors (Lipinski definition) is 0. The molecule has 0 aliphatic carbocycles. The van der Waals surface area contributed by atoms with Crippen molar-refractivity contribution in [3.63, 3.8) is 0 Å². The van der Waals surface area contributed by atoms with Gasteiger partial charge in [-0.2, -0.15) is 16.8 Å². The van der Waals surface area contributed by atoms with Crippen LogP contribution in [-0.2, 0) is 6.54 Å². The van der Waals surface area contributed by atoms with Gasteiger partial charge in [-0.3, -0.25) is 4.79 Å². The number of ether oxygens (including phenoxy) is 2. The molecule has 1 heterocycles. The molecule has 28 heavy (non-hydrogen) atoms. The Morgan fingerprint density at radius 3 is 2.39 bits per heavy atom. The Bertz CT molecular complexity index is 1060. The van der Waals surface area contributed by atoms with Gasteiger partial charge in [-0.25, -0.2) is 0 Å². The van der Waals surface area contributed by atoms with Gasteiger partial charge in [0.2, 0.25) is 0 Å². The molecule has 1 amide bonds. The first-order valence-corrected chi connectivity index (χ1v) is 11.1. The molecule has 5 nitrogen and oxygen atoms in total. The summed E-state index contributed by atoms with van der Waals surface area (Å²) in [5.74, 6) is 1.77. The molecule has 3 aromatic rings. The maximum absolute atomic E-state index is 12.9. The van der Waals surface area contributed by atoms with Crippen molar-refractivity contribution in [2.75, 3.05) is 26.2 Å². The van der Waals surface area contributed by atoms with Gasteiger partial charge >= 0.3 is 0 Å². The molecular weight excluding hydrogens is 392 g/mol. The van der Waals surface area contributed by atoms with E-state index in [-0.39, 0.29) is 5.91 Å². The highest BCUT2D eigenvalue weighted by molar-refractivity contribution is 7.98. The molecule has 148 valence electrons. The Morgan fingerprint density at radius 2 is 1.79 bits per heavy atom. The number of carbonyl (C=O) groups excluding carboxylic acids is 1. The summed E-state index contributed by atoms with van der Waals surface area (Å²) in [6, 6.07) is 9.43. The summed E-state index contributed by atoms with van der Waals surface area (Å²) in [5.41, 5.74) is 3.98. The summed E-state index contributed by atoms with van der Waals surface area (Å²) in [7, 11) is 3.13. The number of thioether (sulfide) groups is 1. The van der Waals surface area contributed by atoms with E-state index in [1.807, 2.05) is 0 Å². The number of carbonyl (C=O) groups is 1. The second kappa shape index (κ2) is 8.84. The lowest BCUT2D eigenvalue weighted by Crippen LogP contribution is -2.18. The second-order valence-electron chi connectivity index (χ2n) is 6.48. The first-order chi connectivity index (χ1) is 13.5. The number of fused-ring (bicyclic) bond motifs is 1. The molecular formula is C21H24N2O3S2. The fraction of sp³-hybridized carbons (Fsp3) is 0.333. The summed E-state index contributed by atoms with van der Waals surface area (Å²) < 4.78 is 13.9. The third-order valence-corrected chi connectivity index (χ3v) is 6.25. The summed E-state index contributed by atoms with van der Waals surface area (Å²) in [5, 5.41) is 0. The number of aromatic nitrogens is 1. The molecule has 0 bridgehead atoms. The van der Waals surface area contributed by atoms with Crippen LogP contribution in [-0.4, -0.2) is 36.7 Å². The average Bonchev–Trinajstić information content (AvgIpc) is 3.03. The van der Waals surface area contributed by atoms with Crippen LogP contribution in [0.1, 0.15) is 21.5 Å². The first-order valence-electron chi connectivity index (χ1n) is 8.88. The lowest BCUT2D eigenvalue weighted by molar-refractivity contribution is 0.0997. The number of aryl methyl sites for hydroxylation is 3. The van der Waals surface area contributed by atoms with Crippen LogP contribution < -0.4 is 14.3 Å². The number of benzene rings is 2. The molecule has 7 heteroatoms. The van der Waals surface area contributed by atoms with E-state index in [2.05, 4.69) is 41.8 Å². The lowest BCUT2D eigenvalue weighted by Gasteiger charge is -2.07. The van der Waals surface area contributed by atoms with E-state index in [9.17, 15) is 4.79 Å². The van der Waals surface area contributed by atoms with Gasteiger partial charge in [0.25, 0.3) is 5.91 Å². The highest BCUT2D eigenvalue weighted by atomic mass is 32.2. The predicted molar refractivity (Wildman–Crippen MR) is 117 cm³/mol. The van der Waals surface area contributed by atoms with Crippen molar-refractivity contribution in [1.82, 2.24) is 4.57 Å². The maximum atomic E-state index is 12.9. The number of methoxy groups -OCH3 is 2. The van der Waals surface area contributed by atoms with Crippen LogP contribution in [0.3, 0.4) is 0 Å². The monoisotopic (exact) mass is 416 g/mol. The molecule has 3 rings (SSSR count). The van der Waals surface area contributed by atoms with E-state index in [0.717, 1.165) is 17.8 Å². The minimum atomic E-state index is -0.309. The second-order valence-corrected chi connectivity index (χ2v) is 8.44. The van der Waals surface area contributed by atoms with Crippen LogP contribution in [0.4, 0.5) is 0 Å². The highest BCUT2D eigenvalue weighted by Gasteiger charge is 2.13. The molecule has 0 aliphatic heterocycles. The summed E-state index contributed by atoms with van der Waals surface area (Å²) in [6.45, 7) is 4.99. The van der Waals surface area contributed by atoms with E-state index in [1.165, 1.54) is 15.8 Å². The number of thiazole rings is 1. The van der Waals surface area contributed by atoms with Crippen molar-refractivity contribution in [3.8, 4) is 11.5 Å². The fourth-order valence-electron chi connectivity index (χ4n) is 3.08. The van der Waals surface area contributed by atoms with E-state index < -0.39 is 0 Å². The minimum absolute atomic E-state index is 0.309. The Balaban J connectivity index is 2.15. The molecule has 1 aromatic heterocycles. The molecule has 0 saturated heterocycles. The van der Waals surface area contributed by atoms with Crippen LogP contribution in [0.15, 0.2) is 35.3 Å². The van der Waals surface area contributed by atoms with Crippen molar-refractivity contribution >= 4 is 39.2 Å². The van der Waals surface area contributed by atoms with Gasteiger partial charge in [0.1, 0.15) is 11.5 Å². The molecule has 0 atom stereocenters. The van der Waals surface area contributed by atoms with Crippen molar-refractivity contribution in [2.45, 2.75) is 20.4 Å². The van der Waals surface area contributed by atoms with Gasteiger partial charge < -0.3 is 14.0 Å². The normalized spacial score (nSPS) is 11.8. The number of amides is 1. The van der Waals surface area contributed by atoms with Crippen LogP contribution in [0, 0.1) is 13.8 Å². The highest BCUT2D eigenvalue weighted by Crippen LogP contribution is 2.25. The Labute approximate surface area is 173 Å². The van der Waals surface area contributed by atoms with E-state index in [1.54, 1.807) is 55.5 Å². The van der Waals surface area contributed by atoms with Crippen LogP contribution in [0.5, 0.6) is 11.5 Å². The molecule has 2 aromatic carbocycles.